The first-order chi connectivity index (χ1) is 15.1. The summed E-state index contributed by atoms with van der Waals surface area (Å²) in [7, 11) is -3.48. The first-order valence-corrected chi connectivity index (χ1v) is 11.4. The van der Waals surface area contributed by atoms with Crippen molar-refractivity contribution in [2.24, 2.45) is 5.16 Å². The van der Waals surface area contributed by atoms with E-state index in [0.717, 1.165) is 11.8 Å². The van der Waals surface area contributed by atoms with Crippen molar-refractivity contribution in [3.63, 3.8) is 0 Å². The van der Waals surface area contributed by atoms with Crippen molar-refractivity contribution < 1.29 is 37.1 Å². The molecule has 1 aliphatic heterocycles. The highest BCUT2D eigenvalue weighted by atomic mass is 35.5. The van der Waals surface area contributed by atoms with Gasteiger partial charge >= 0.3 is 5.97 Å². The van der Waals surface area contributed by atoms with Gasteiger partial charge in [0.1, 0.15) is 0 Å². The topological polar surface area (TPSA) is 130 Å². The second-order valence-electron chi connectivity index (χ2n) is 6.64. The number of amides is 1. The van der Waals surface area contributed by atoms with Crippen LogP contribution in [-0.2, 0) is 29.0 Å². The summed E-state index contributed by atoms with van der Waals surface area (Å²) in [6.07, 6.45) is 1.03. The Kier molecular flexibility index (Phi) is 7.21. The number of hydrogen-bond acceptors (Lipinski definition) is 9. The van der Waals surface area contributed by atoms with Crippen molar-refractivity contribution in [2.45, 2.75) is 11.8 Å². The maximum atomic E-state index is 12.0. The fraction of sp³-hybridized carbons (Fsp3) is 0.250. The van der Waals surface area contributed by atoms with Crippen LogP contribution in [0.5, 0.6) is 11.5 Å². The number of esters is 1. The van der Waals surface area contributed by atoms with Crippen LogP contribution in [0.3, 0.4) is 0 Å². The first kappa shape index (κ1) is 23.4. The molecule has 1 aliphatic rings. The van der Waals surface area contributed by atoms with Crippen molar-refractivity contribution in [3.8, 4) is 11.5 Å². The zero-order valence-corrected chi connectivity index (χ0v) is 18.7. The number of anilines is 1. The Bertz CT molecular complexity index is 1180. The molecule has 10 nitrogen and oxygen atoms in total. The van der Waals surface area contributed by atoms with E-state index in [4.69, 9.17) is 30.6 Å². The molecule has 2 aromatic rings. The number of oxime groups is 1. The van der Waals surface area contributed by atoms with Crippen LogP contribution in [0.15, 0.2) is 46.4 Å². The number of sulfone groups is 1. The molecule has 12 heteroatoms. The molecule has 0 fully saturated rings. The van der Waals surface area contributed by atoms with Crippen LogP contribution in [0.4, 0.5) is 5.69 Å². The molecular formula is C20H19ClN2O8S. The molecule has 0 aromatic heterocycles. The van der Waals surface area contributed by atoms with E-state index in [9.17, 15) is 18.0 Å². The van der Waals surface area contributed by atoms with Crippen molar-refractivity contribution >= 4 is 44.7 Å². The summed E-state index contributed by atoms with van der Waals surface area (Å²) in [6, 6.07) is 9.11. The molecule has 0 bridgehead atoms. The minimum atomic E-state index is -3.48. The monoisotopic (exact) mass is 482 g/mol. The Morgan fingerprint density at radius 2 is 1.88 bits per heavy atom. The summed E-state index contributed by atoms with van der Waals surface area (Å²) < 4.78 is 38.6. The smallest absolute Gasteiger partial charge is 0.347 e. The first-order valence-electron chi connectivity index (χ1n) is 9.15. The second kappa shape index (κ2) is 9.88. The van der Waals surface area contributed by atoms with Crippen LogP contribution < -0.4 is 14.8 Å². The van der Waals surface area contributed by atoms with Gasteiger partial charge in [-0.25, -0.2) is 13.2 Å². The van der Waals surface area contributed by atoms with Gasteiger partial charge in [-0.2, -0.15) is 0 Å². The normalized spacial score (nSPS) is 12.9. The molecule has 0 unspecified atom stereocenters. The molecule has 0 aliphatic carbocycles. The van der Waals surface area contributed by atoms with Crippen molar-refractivity contribution in [1.82, 2.24) is 0 Å². The highest BCUT2D eigenvalue weighted by Crippen LogP contribution is 2.32. The van der Waals surface area contributed by atoms with Gasteiger partial charge in [-0.05, 0) is 43.3 Å². The molecule has 0 saturated heterocycles. The lowest BCUT2D eigenvalue weighted by Gasteiger charge is -2.09. The summed E-state index contributed by atoms with van der Waals surface area (Å²) in [6.45, 7) is 0.705. The number of ether oxygens (including phenoxy) is 3. The predicted octanol–water partition coefficient (Wildman–Crippen LogP) is 2.39. The lowest BCUT2D eigenvalue weighted by molar-refractivity contribution is -0.151. The van der Waals surface area contributed by atoms with Gasteiger partial charge in [0.25, 0.3) is 5.91 Å². The standard InChI is InChI=1S/C20H19ClN2O8S/c1-12(13-3-6-17-18(7-13)30-11-29-17)23-31-10-20(25)28-9-19(24)22-16-8-14(32(2,26)27)4-5-15(16)21/h3-8H,9-11H2,1-2H3,(H,22,24)/b23-12-. The van der Waals surface area contributed by atoms with Crippen LogP contribution in [0.1, 0.15) is 12.5 Å². The number of carbonyl (C=O) groups excluding carboxylic acids is 2. The van der Waals surface area contributed by atoms with Gasteiger partial charge in [-0.1, -0.05) is 16.8 Å². The van der Waals surface area contributed by atoms with E-state index in [-0.39, 0.29) is 22.4 Å². The highest BCUT2D eigenvalue weighted by Gasteiger charge is 2.15. The van der Waals surface area contributed by atoms with E-state index >= 15 is 0 Å². The van der Waals surface area contributed by atoms with Crippen molar-refractivity contribution in [1.29, 1.82) is 0 Å². The van der Waals surface area contributed by atoms with Gasteiger partial charge in [-0.15, -0.1) is 0 Å². The average Bonchev–Trinajstić information content (AvgIpc) is 3.21. The van der Waals surface area contributed by atoms with E-state index in [2.05, 4.69) is 10.5 Å². The van der Waals surface area contributed by atoms with Gasteiger partial charge in [0, 0.05) is 11.8 Å². The van der Waals surface area contributed by atoms with Gasteiger partial charge in [0.2, 0.25) is 13.4 Å². The molecule has 1 heterocycles. The van der Waals surface area contributed by atoms with Crippen molar-refractivity contribution in [3.05, 3.63) is 47.0 Å². The molecule has 0 atom stereocenters. The van der Waals surface area contributed by atoms with Gasteiger partial charge in [0.15, 0.2) is 27.9 Å². The van der Waals surface area contributed by atoms with Gasteiger partial charge < -0.3 is 24.4 Å². The maximum Gasteiger partial charge on any atom is 0.347 e. The number of carbonyl (C=O) groups is 2. The number of nitrogens with zero attached hydrogens (tertiary/aromatic N) is 1. The predicted molar refractivity (Wildman–Crippen MR) is 115 cm³/mol. The number of rotatable bonds is 8. The quantitative estimate of drug-likeness (QED) is 0.345. The highest BCUT2D eigenvalue weighted by molar-refractivity contribution is 7.90. The maximum absolute atomic E-state index is 12.0. The minimum absolute atomic E-state index is 0.0155. The van der Waals surface area contributed by atoms with E-state index in [1.807, 2.05) is 0 Å². The average molecular weight is 483 g/mol. The summed E-state index contributed by atoms with van der Waals surface area (Å²) in [5.74, 6) is -0.303. The zero-order chi connectivity index (χ0) is 23.3. The van der Waals surface area contributed by atoms with Crippen LogP contribution >= 0.6 is 11.6 Å². The number of nitrogens with one attached hydrogen (secondary N) is 1. The number of hydrogen-bond donors (Lipinski definition) is 1. The summed E-state index contributed by atoms with van der Waals surface area (Å²) in [5, 5.41) is 6.37. The van der Waals surface area contributed by atoms with Crippen LogP contribution in [0, 0.1) is 0 Å². The molecule has 32 heavy (non-hydrogen) atoms. The lowest BCUT2D eigenvalue weighted by atomic mass is 10.1. The van der Waals surface area contributed by atoms with Crippen LogP contribution in [-0.4, -0.2) is 52.3 Å². The Morgan fingerprint density at radius 1 is 1.12 bits per heavy atom. The lowest BCUT2D eigenvalue weighted by Crippen LogP contribution is -2.22. The zero-order valence-electron chi connectivity index (χ0n) is 17.1. The number of fused-ring (bicyclic) bond motifs is 1. The third kappa shape index (κ3) is 6.11. The van der Waals surface area contributed by atoms with Crippen molar-refractivity contribution in [2.75, 3.05) is 31.6 Å². The van der Waals surface area contributed by atoms with Crippen LogP contribution in [0.2, 0.25) is 5.02 Å². The fourth-order valence-electron chi connectivity index (χ4n) is 2.56. The third-order valence-electron chi connectivity index (χ3n) is 4.18. The SMILES string of the molecule is C/C(=N/OCC(=O)OCC(=O)Nc1cc(S(C)(=O)=O)ccc1Cl)c1ccc2c(c1)OCO2. The second-order valence-corrected chi connectivity index (χ2v) is 9.06. The molecule has 1 amide bonds. The molecule has 0 spiro atoms. The van der Waals surface area contributed by atoms with Gasteiger partial charge in [0.05, 0.1) is 21.3 Å². The minimum Gasteiger partial charge on any atom is -0.454 e. The molecule has 170 valence electrons. The Balaban J connectivity index is 1.47. The van der Waals surface area contributed by atoms with E-state index < -0.39 is 34.9 Å². The molecule has 3 rings (SSSR count). The molecular weight excluding hydrogens is 464 g/mol. The Morgan fingerprint density at radius 3 is 2.62 bits per heavy atom. The number of benzene rings is 2. The fourth-order valence-corrected chi connectivity index (χ4v) is 3.37. The Hall–Kier alpha value is -3.31. The molecule has 2 aromatic carbocycles. The Labute approximate surface area is 189 Å². The third-order valence-corrected chi connectivity index (χ3v) is 5.62. The van der Waals surface area contributed by atoms with Gasteiger partial charge in [-0.3, -0.25) is 4.79 Å². The summed E-state index contributed by atoms with van der Waals surface area (Å²) in [5.41, 5.74) is 1.29. The van der Waals surface area contributed by atoms with E-state index in [0.29, 0.717) is 17.2 Å². The summed E-state index contributed by atoms with van der Waals surface area (Å²) >= 11 is 5.97. The summed E-state index contributed by atoms with van der Waals surface area (Å²) in [4.78, 5) is 28.7. The van der Waals surface area contributed by atoms with E-state index in [1.165, 1.54) is 18.2 Å². The van der Waals surface area contributed by atoms with Crippen LogP contribution in [0.25, 0.3) is 0 Å². The molecule has 0 radical (unpaired) electrons. The van der Waals surface area contributed by atoms with E-state index in [1.54, 1.807) is 25.1 Å². The largest absolute Gasteiger partial charge is 0.454 e. The molecule has 1 N–H and O–H groups in total. The number of halogens is 1. The molecule has 0 saturated carbocycles.